The van der Waals surface area contributed by atoms with Crippen molar-refractivity contribution in [2.75, 3.05) is 19.1 Å². The highest BCUT2D eigenvalue weighted by Gasteiger charge is 1.92. The Morgan fingerprint density at radius 3 is 2.86 bits per heavy atom. The zero-order chi connectivity index (χ0) is 10.8. The first-order valence-electron chi connectivity index (χ1n) is 3.93. The molecule has 5 nitrogen and oxygen atoms in total. The number of hydrogen-bond donors (Lipinski definition) is 3. The summed E-state index contributed by atoms with van der Waals surface area (Å²) in [5.41, 5.74) is 7.49. The molecule has 0 saturated heterocycles. The summed E-state index contributed by atoms with van der Waals surface area (Å²) in [7, 11) is 1.62. The fourth-order valence-corrected chi connectivity index (χ4v) is 0.864. The van der Waals surface area contributed by atoms with E-state index in [1.165, 1.54) is 0 Å². The van der Waals surface area contributed by atoms with Gasteiger partial charge < -0.3 is 15.5 Å². The minimum atomic E-state index is 0. The molecule has 0 aliphatic rings. The van der Waals surface area contributed by atoms with Crippen molar-refractivity contribution in [3.8, 4) is 5.75 Å². The average molecular weight is 196 g/mol. The fraction of sp³-hybridized carbons (Fsp3) is 0.222. The smallest absolute Gasteiger partial charge is 0.128 e. The van der Waals surface area contributed by atoms with Crippen molar-refractivity contribution in [3.05, 3.63) is 24.3 Å². The van der Waals surface area contributed by atoms with E-state index in [0.29, 0.717) is 6.67 Å². The molecule has 5 heteroatoms. The van der Waals surface area contributed by atoms with Crippen LogP contribution in [0.1, 0.15) is 1.43 Å². The van der Waals surface area contributed by atoms with Gasteiger partial charge in [0.05, 0.1) is 7.11 Å². The number of nitrogens with zero attached hydrogens (tertiary/aromatic N) is 1. The Hall–Kier alpha value is -1.91. The molecular weight excluding hydrogens is 180 g/mol. The van der Waals surface area contributed by atoms with E-state index in [9.17, 15) is 0 Å². The second-order valence-electron chi connectivity index (χ2n) is 2.22. The second kappa shape index (κ2) is 7.72. The lowest BCUT2D eigenvalue weighted by Gasteiger charge is -2.04. The summed E-state index contributed by atoms with van der Waals surface area (Å²) in [6, 6.07) is 7.49. The van der Waals surface area contributed by atoms with Gasteiger partial charge in [-0.15, -0.1) is 0 Å². The Morgan fingerprint density at radius 1 is 1.57 bits per heavy atom. The van der Waals surface area contributed by atoms with Gasteiger partial charge in [0, 0.05) is 13.2 Å². The van der Waals surface area contributed by atoms with Crippen molar-refractivity contribution >= 4 is 12.4 Å². The predicted molar refractivity (Wildman–Crippen MR) is 58.6 cm³/mol. The average Bonchev–Trinajstić information content (AvgIpc) is 2.29. The second-order valence-corrected chi connectivity index (χ2v) is 2.22. The summed E-state index contributed by atoms with van der Waals surface area (Å²) < 4.78 is 5.02. The van der Waals surface area contributed by atoms with Crippen LogP contribution in [0.2, 0.25) is 0 Å². The Morgan fingerprint density at radius 2 is 2.29 bits per heavy atom. The molecule has 0 bridgehead atoms. The first kappa shape index (κ1) is 12.1. The maximum Gasteiger partial charge on any atom is 0.128 e. The lowest BCUT2D eigenvalue weighted by molar-refractivity contribution is 0.415. The van der Waals surface area contributed by atoms with Gasteiger partial charge >= 0.3 is 0 Å². The van der Waals surface area contributed by atoms with Crippen molar-refractivity contribution in [2.45, 2.75) is 0 Å². The number of anilines is 1. The molecule has 1 rings (SSSR count). The number of benzene rings is 1. The van der Waals surface area contributed by atoms with Crippen LogP contribution in [0.15, 0.2) is 29.4 Å². The molecule has 14 heavy (non-hydrogen) atoms. The first-order chi connectivity index (χ1) is 6.86. The van der Waals surface area contributed by atoms with E-state index in [2.05, 4.69) is 17.1 Å². The van der Waals surface area contributed by atoms with E-state index < -0.39 is 0 Å². The Labute approximate surface area is 84.6 Å². The van der Waals surface area contributed by atoms with Crippen molar-refractivity contribution in [2.24, 2.45) is 5.11 Å². The Kier molecular flexibility index (Phi) is 6.67. The molecule has 0 aliphatic heterocycles. The molecule has 0 atom stereocenters. The van der Waals surface area contributed by atoms with Crippen molar-refractivity contribution in [3.63, 3.8) is 0 Å². The molecule has 78 valence electrons. The molecule has 0 aliphatic carbocycles. The topological polar surface area (TPSA) is 81.3 Å². The maximum absolute atomic E-state index is 6.58. The zero-order valence-corrected chi connectivity index (χ0v) is 8.08. The van der Waals surface area contributed by atoms with Gasteiger partial charge in [-0.3, -0.25) is 0 Å². The molecule has 0 unspecified atom stereocenters. The van der Waals surface area contributed by atoms with Crippen LogP contribution in [-0.2, 0) is 0 Å². The summed E-state index contributed by atoms with van der Waals surface area (Å²) in [5, 5.41) is 11.6. The maximum atomic E-state index is 6.58. The fourth-order valence-electron chi connectivity index (χ4n) is 0.864. The van der Waals surface area contributed by atoms with E-state index in [4.69, 9.17) is 15.7 Å². The third kappa shape index (κ3) is 4.20. The molecule has 1 aromatic carbocycles. The van der Waals surface area contributed by atoms with E-state index in [1.54, 1.807) is 7.11 Å². The molecule has 0 radical (unpaired) electrons. The van der Waals surface area contributed by atoms with Crippen LogP contribution < -0.4 is 10.1 Å². The molecule has 1 aromatic rings. The largest absolute Gasteiger partial charge is 0.497 e. The van der Waals surface area contributed by atoms with Crippen LogP contribution in [0, 0.1) is 10.9 Å². The highest BCUT2D eigenvalue weighted by Crippen LogP contribution is 2.16. The first-order valence-corrected chi connectivity index (χ1v) is 3.93. The number of ether oxygens (including phenoxy) is 1. The monoisotopic (exact) mass is 196 g/mol. The minimum Gasteiger partial charge on any atom is -0.497 e. The van der Waals surface area contributed by atoms with Gasteiger partial charge in [0.2, 0.25) is 0 Å². The third-order valence-corrected chi connectivity index (χ3v) is 1.43. The van der Waals surface area contributed by atoms with Gasteiger partial charge in [-0.2, -0.15) is 5.11 Å². The summed E-state index contributed by atoms with van der Waals surface area (Å²) in [4.78, 5) is 0. The molecule has 0 fully saturated rings. The molecule has 0 heterocycles. The number of nitrogens with one attached hydrogen (secondary N) is 3. The standard InChI is InChI=1S/C8H11N3O.CH3N.H2/c1-12-8-4-2-3-7(5-8)10-6-11-9;1-2;/h2-5,9-10H,6H2,1H3;2H,1H2;1H. The van der Waals surface area contributed by atoms with Crippen LogP contribution in [0.5, 0.6) is 5.75 Å². The van der Waals surface area contributed by atoms with Gasteiger partial charge in [-0.05, 0) is 18.9 Å². The summed E-state index contributed by atoms with van der Waals surface area (Å²) in [6.07, 6.45) is 0. The molecular formula is C9H16N4O. The van der Waals surface area contributed by atoms with E-state index in [0.717, 1.165) is 11.4 Å². The van der Waals surface area contributed by atoms with E-state index in [-0.39, 0.29) is 1.43 Å². The van der Waals surface area contributed by atoms with Crippen molar-refractivity contribution in [1.29, 1.82) is 10.9 Å². The Bertz CT molecular complexity index is 283. The van der Waals surface area contributed by atoms with Crippen LogP contribution >= 0.6 is 0 Å². The highest BCUT2D eigenvalue weighted by atomic mass is 16.5. The van der Waals surface area contributed by atoms with Crippen LogP contribution in [0.3, 0.4) is 0 Å². The number of rotatable bonds is 4. The molecule has 0 amide bonds. The lowest BCUT2D eigenvalue weighted by atomic mass is 10.3. The van der Waals surface area contributed by atoms with Crippen molar-refractivity contribution in [1.82, 2.24) is 0 Å². The van der Waals surface area contributed by atoms with Crippen LogP contribution in [0.25, 0.3) is 0 Å². The highest BCUT2D eigenvalue weighted by molar-refractivity contribution is 5.47. The number of hydrogen-bond acceptors (Lipinski definition) is 5. The van der Waals surface area contributed by atoms with E-state index in [1.807, 2.05) is 24.3 Å². The van der Waals surface area contributed by atoms with E-state index >= 15 is 0 Å². The molecule has 0 spiro atoms. The quantitative estimate of drug-likeness (QED) is 0.511. The van der Waals surface area contributed by atoms with Gasteiger partial charge in [0.25, 0.3) is 0 Å². The third-order valence-electron chi connectivity index (χ3n) is 1.43. The molecule has 3 N–H and O–H groups in total. The van der Waals surface area contributed by atoms with Gasteiger partial charge in [0.15, 0.2) is 0 Å². The SMILES string of the molecule is C=N.COc1cccc(NCN=N)c1.[HH]. The predicted octanol–water partition coefficient (Wildman–Crippen LogP) is 2.61. The summed E-state index contributed by atoms with van der Waals surface area (Å²) in [6.45, 7) is 2.80. The lowest BCUT2D eigenvalue weighted by Crippen LogP contribution is -1.97. The Balaban J connectivity index is 0. The van der Waals surface area contributed by atoms with Crippen LogP contribution in [-0.4, -0.2) is 20.5 Å². The van der Waals surface area contributed by atoms with Gasteiger partial charge in [0.1, 0.15) is 12.4 Å². The normalized spacial score (nSPS) is 8.07. The molecule has 0 saturated carbocycles. The minimum absolute atomic E-state index is 0. The zero-order valence-electron chi connectivity index (χ0n) is 8.08. The van der Waals surface area contributed by atoms with Gasteiger partial charge in [-0.1, -0.05) is 6.07 Å². The van der Waals surface area contributed by atoms with Gasteiger partial charge in [-0.25, -0.2) is 5.53 Å². The summed E-state index contributed by atoms with van der Waals surface area (Å²) in [5.74, 6) is 0.796. The van der Waals surface area contributed by atoms with Crippen LogP contribution in [0.4, 0.5) is 5.69 Å². The molecule has 0 aromatic heterocycles. The summed E-state index contributed by atoms with van der Waals surface area (Å²) >= 11 is 0. The number of methoxy groups -OCH3 is 1. The van der Waals surface area contributed by atoms with Crippen molar-refractivity contribution < 1.29 is 6.16 Å².